The van der Waals surface area contributed by atoms with Crippen molar-refractivity contribution < 1.29 is 9.90 Å². The first-order valence-electron chi connectivity index (χ1n) is 4.43. The number of carbonyl (C=O) groups excluding carboxylic acids is 1. The van der Waals surface area contributed by atoms with Crippen LogP contribution in [0.15, 0.2) is 21.5 Å². The summed E-state index contributed by atoms with van der Waals surface area (Å²) in [5.41, 5.74) is 0.142. The molecule has 6 heteroatoms. The highest BCUT2D eigenvalue weighted by Gasteiger charge is 2.29. The first-order valence-corrected chi connectivity index (χ1v) is 5.23. The molecule has 0 spiro atoms. The number of aromatic nitrogens is 1. The SMILES string of the molecule is O=C(c1c[nH]c(=O)c(Br)c1)N1CC(O)C1. The third kappa shape index (κ3) is 1.95. The van der Waals surface area contributed by atoms with Crippen LogP contribution in [-0.4, -0.2) is 40.1 Å². The Kier molecular flexibility index (Phi) is 2.62. The number of likely N-dealkylation sites (tertiary alicyclic amines) is 1. The monoisotopic (exact) mass is 272 g/mol. The van der Waals surface area contributed by atoms with Crippen LogP contribution in [-0.2, 0) is 0 Å². The van der Waals surface area contributed by atoms with E-state index < -0.39 is 6.10 Å². The highest BCUT2D eigenvalue weighted by atomic mass is 79.9. The summed E-state index contributed by atoms with van der Waals surface area (Å²) in [4.78, 5) is 26.7. The normalized spacial score (nSPS) is 16.3. The molecule has 1 aliphatic rings. The molecule has 1 aliphatic heterocycles. The Labute approximate surface area is 93.8 Å². The minimum atomic E-state index is -0.417. The second kappa shape index (κ2) is 3.79. The smallest absolute Gasteiger partial charge is 0.262 e. The van der Waals surface area contributed by atoms with Crippen LogP contribution in [0.3, 0.4) is 0 Å². The van der Waals surface area contributed by atoms with Gasteiger partial charge in [0, 0.05) is 19.3 Å². The van der Waals surface area contributed by atoms with Crippen LogP contribution in [0.25, 0.3) is 0 Å². The van der Waals surface area contributed by atoms with E-state index in [1.807, 2.05) is 0 Å². The van der Waals surface area contributed by atoms with Gasteiger partial charge in [0.15, 0.2) is 0 Å². The van der Waals surface area contributed by atoms with Crippen molar-refractivity contribution in [2.24, 2.45) is 0 Å². The lowest BCUT2D eigenvalue weighted by Gasteiger charge is -2.35. The number of amides is 1. The molecule has 2 N–H and O–H groups in total. The van der Waals surface area contributed by atoms with Crippen LogP contribution in [0, 0.1) is 0 Å². The Bertz CT molecular complexity index is 451. The summed E-state index contributed by atoms with van der Waals surface area (Å²) in [5.74, 6) is -0.183. The zero-order chi connectivity index (χ0) is 11.0. The number of carbonyl (C=O) groups is 1. The van der Waals surface area contributed by atoms with Gasteiger partial charge in [-0.2, -0.15) is 0 Å². The quantitative estimate of drug-likeness (QED) is 0.753. The second-order valence-corrected chi connectivity index (χ2v) is 4.28. The Balaban J connectivity index is 2.19. The maximum atomic E-state index is 11.7. The molecule has 1 aromatic heterocycles. The number of β-amino-alcohol motifs (C(OH)–C–C–N with tert-alkyl or cyclic N) is 1. The lowest BCUT2D eigenvalue weighted by Crippen LogP contribution is -2.53. The molecule has 2 heterocycles. The van der Waals surface area contributed by atoms with E-state index >= 15 is 0 Å². The fraction of sp³-hybridized carbons (Fsp3) is 0.333. The second-order valence-electron chi connectivity index (χ2n) is 3.43. The molecule has 1 aromatic rings. The van der Waals surface area contributed by atoms with Crippen molar-refractivity contribution in [3.05, 3.63) is 32.7 Å². The molecule has 2 rings (SSSR count). The summed E-state index contributed by atoms with van der Waals surface area (Å²) in [7, 11) is 0. The molecule has 0 unspecified atom stereocenters. The third-order valence-electron chi connectivity index (χ3n) is 2.25. The predicted molar refractivity (Wildman–Crippen MR) is 56.7 cm³/mol. The van der Waals surface area contributed by atoms with Gasteiger partial charge in [-0.1, -0.05) is 0 Å². The number of pyridine rings is 1. The molecule has 5 nitrogen and oxygen atoms in total. The molecular formula is C9H9BrN2O3. The number of rotatable bonds is 1. The topological polar surface area (TPSA) is 73.4 Å². The molecule has 0 saturated carbocycles. The number of nitrogens with one attached hydrogen (secondary N) is 1. The minimum absolute atomic E-state index is 0.183. The van der Waals surface area contributed by atoms with Crippen molar-refractivity contribution in [3.63, 3.8) is 0 Å². The number of hydrogen-bond donors (Lipinski definition) is 2. The van der Waals surface area contributed by atoms with Gasteiger partial charge in [0.1, 0.15) is 0 Å². The summed E-state index contributed by atoms with van der Waals surface area (Å²) in [6.45, 7) is 0.713. The van der Waals surface area contributed by atoms with E-state index in [1.54, 1.807) is 0 Å². The lowest BCUT2D eigenvalue weighted by atomic mass is 10.1. The van der Waals surface area contributed by atoms with Crippen LogP contribution < -0.4 is 5.56 Å². The van der Waals surface area contributed by atoms with Crippen molar-refractivity contribution in [2.45, 2.75) is 6.10 Å². The van der Waals surface area contributed by atoms with E-state index in [4.69, 9.17) is 5.11 Å². The lowest BCUT2D eigenvalue weighted by molar-refractivity contribution is 0.00586. The van der Waals surface area contributed by atoms with Gasteiger partial charge >= 0.3 is 0 Å². The van der Waals surface area contributed by atoms with E-state index in [0.717, 1.165) is 0 Å². The Hall–Kier alpha value is -1.14. The average molecular weight is 273 g/mol. The van der Waals surface area contributed by atoms with E-state index in [9.17, 15) is 9.59 Å². The van der Waals surface area contributed by atoms with E-state index in [1.165, 1.54) is 17.2 Å². The third-order valence-corrected chi connectivity index (χ3v) is 2.84. The summed E-state index contributed by atoms with van der Waals surface area (Å²) in [6.07, 6.45) is 0.959. The van der Waals surface area contributed by atoms with Gasteiger partial charge in [-0.25, -0.2) is 0 Å². The molecule has 15 heavy (non-hydrogen) atoms. The standard InChI is InChI=1S/C9H9BrN2O3/c10-7-1-5(2-11-8(7)14)9(15)12-3-6(13)4-12/h1-2,6,13H,3-4H2,(H,11,14). The number of nitrogens with zero attached hydrogens (tertiary/aromatic N) is 1. The van der Waals surface area contributed by atoms with Gasteiger partial charge in [0.2, 0.25) is 0 Å². The molecule has 0 bridgehead atoms. The van der Waals surface area contributed by atoms with E-state index in [2.05, 4.69) is 20.9 Å². The Morgan fingerprint density at radius 3 is 2.80 bits per heavy atom. The van der Waals surface area contributed by atoms with E-state index in [-0.39, 0.29) is 11.5 Å². The predicted octanol–water partition coefficient (Wildman–Crippen LogP) is -0.0459. The fourth-order valence-electron chi connectivity index (χ4n) is 1.38. The number of hydrogen-bond acceptors (Lipinski definition) is 3. The highest BCUT2D eigenvalue weighted by molar-refractivity contribution is 9.10. The number of H-pyrrole nitrogens is 1. The van der Waals surface area contributed by atoms with Gasteiger partial charge in [0.25, 0.3) is 11.5 Å². The van der Waals surface area contributed by atoms with Crippen LogP contribution in [0.2, 0.25) is 0 Å². The van der Waals surface area contributed by atoms with Crippen LogP contribution in [0.5, 0.6) is 0 Å². The fourth-order valence-corrected chi connectivity index (χ4v) is 1.74. The molecule has 0 aliphatic carbocycles. The van der Waals surface area contributed by atoms with Gasteiger partial charge in [0.05, 0.1) is 16.1 Å². The number of aliphatic hydroxyl groups excluding tert-OH is 1. The maximum Gasteiger partial charge on any atom is 0.262 e. The summed E-state index contributed by atoms with van der Waals surface area (Å²) < 4.78 is 0.328. The zero-order valence-electron chi connectivity index (χ0n) is 7.74. The van der Waals surface area contributed by atoms with Gasteiger partial charge in [-0.3, -0.25) is 9.59 Å². The van der Waals surface area contributed by atoms with Crippen molar-refractivity contribution in [1.29, 1.82) is 0 Å². The minimum Gasteiger partial charge on any atom is -0.389 e. The molecule has 0 atom stereocenters. The molecule has 0 radical (unpaired) electrons. The molecule has 0 aromatic carbocycles. The zero-order valence-corrected chi connectivity index (χ0v) is 9.32. The molecule has 1 saturated heterocycles. The summed E-state index contributed by atoms with van der Waals surface area (Å²) in [5, 5.41) is 9.05. The molecule has 80 valence electrons. The molecule has 1 amide bonds. The average Bonchev–Trinajstić information content (AvgIpc) is 2.16. The number of aromatic amines is 1. The van der Waals surface area contributed by atoms with Gasteiger partial charge in [-0.05, 0) is 22.0 Å². The number of aliphatic hydroxyl groups is 1. The van der Waals surface area contributed by atoms with Crippen LogP contribution in [0.4, 0.5) is 0 Å². The van der Waals surface area contributed by atoms with Crippen LogP contribution in [0.1, 0.15) is 10.4 Å². The molecule has 1 fully saturated rings. The Morgan fingerprint density at radius 1 is 1.60 bits per heavy atom. The highest BCUT2D eigenvalue weighted by Crippen LogP contribution is 2.13. The van der Waals surface area contributed by atoms with E-state index in [0.29, 0.717) is 23.1 Å². The number of halogens is 1. The Morgan fingerprint density at radius 2 is 2.27 bits per heavy atom. The van der Waals surface area contributed by atoms with Gasteiger partial charge in [-0.15, -0.1) is 0 Å². The van der Waals surface area contributed by atoms with Crippen LogP contribution >= 0.6 is 15.9 Å². The largest absolute Gasteiger partial charge is 0.389 e. The van der Waals surface area contributed by atoms with Gasteiger partial charge < -0.3 is 15.0 Å². The van der Waals surface area contributed by atoms with Crippen molar-refractivity contribution in [3.8, 4) is 0 Å². The summed E-state index contributed by atoms with van der Waals surface area (Å²) >= 11 is 3.05. The van der Waals surface area contributed by atoms with Crippen molar-refractivity contribution >= 4 is 21.8 Å². The first-order chi connectivity index (χ1) is 7.08. The molecular weight excluding hydrogens is 264 g/mol. The maximum absolute atomic E-state index is 11.7. The first kappa shape index (κ1) is 10.4. The summed E-state index contributed by atoms with van der Waals surface area (Å²) in [6, 6.07) is 1.48. The van der Waals surface area contributed by atoms with Crippen molar-refractivity contribution in [2.75, 3.05) is 13.1 Å². The van der Waals surface area contributed by atoms with Crippen molar-refractivity contribution in [1.82, 2.24) is 9.88 Å².